The Morgan fingerprint density at radius 3 is 3.04 bits per heavy atom. The molecule has 134 valence electrons. The third-order valence-corrected chi connectivity index (χ3v) is 6.24. The summed E-state index contributed by atoms with van der Waals surface area (Å²) < 4.78 is 5.89. The molecule has 1 aromatic rings. The Hall–Kier alpha value is -1.85. The molecule has 0 radical (unpaired) electrons. The van der Waals surface area contributed by atoms with E-state index in [1.54, 1.807) is 13.0 Å². The van der Waals surface area contributed by atoms with Gasteiger partial charge in [0.05, 0.1) is 5.60 Å². The van der Waals surface area contributed by atoms with Crippen LogP contribution in [0, 0.1) is 0 Å². The summed E-state index contributed by atoms with van der Waals surface area (Å²) in [4.78, 5) is 14.7. The molecule has 4 bridgehead atoms. The topological polar surface area (TPSA) is 70.0 Å². The number of benzene rings is 1. The molecule has 4 rings (SSSR count). The first-order chi connectivity index (χ1) is 12.0. The van der Waals surface area contributed by atoms with Crippen molar-refractivity contribution in [3.8, 4) is 11.5 Å². The Kier molecular flexibility index (Phi) is 3.89. The fraction of sp³-hybridized carbons (Fsp3) is 0.550. The van der Waals surface area contributed by atoms with Gasteiger partial charge in [-0.25, -0.2) is 0 Å². The Bertz CT molecular complexity index is 731. The molecule has 0 saturated carbocycles. The van der Waals surface area contributed by atoms with E-state index >= 15 is 0 Å². The van der Waals surface area contributed by atoms with Gasteiger partial charge in [0, 0.05) is 30.5 Å². The lowest BCUT2D eigenvalue weighted by Gasteiger charge is -2.55. The van der Waals surface area contributed by atoms with Crippen LogP contribution in [0.25, 0.3) is 0 Å². The number of nitrogens with zero attached hydrogens (tertiary/aromatic N) is 1. The van der Waals surface area contributed by atoms with Crippen molar-refractivity contribution in [2.24, 2.45) is 0 Å². The number of carbonyl (C=O) groups is 1. The highest BCUT2D eigenvalue weighted by molar-refractivity contribution is 5.83. The van der Waals surface area contributed by atoms with Crippen molar-refractivity contribution in [3.05, 3.63) is 35.9 Å². The summed E-state index contributed by atoms with van der Waals surface area (Å²) in [5, 5.41) is 22.1. The molecule has 25 heavy (non-hydrogen) atoms. The Balaban J connectivity index is 1.91. The van der Waals surface area contributed by atoms with Crippen molar-refractivity contribution in [2.75, 3.05) is 13.1 Å². The predicted molar refractivity (Wildman–Crippen MR) is 94.0 cm³/mol. The summed E-state index contributed by atoms with van der Waals surface area (Å²) in [6.07, 6.45) is 3.43. The van der Waals surface area contributed by atoms with E-state index in [1.165, 1.54) is 0 Å². The van der Waals surface area contributed by atoms with Gasteiger partial charge in [-0.3, -0.25) is 9.69 Å². The maximum atomic E-state index is 12.4. The molecule has 2 aliphatic heterocycles. The molecule has 3 aliphatic rings. The number of rotatable bonds is 2. The minimum absolute atomic E-state index is 0.0358. The number of hydrogen-bond acceptors (Lipinski definition) is 5. The molecule has 5 nitrogen and oxygen atoms in total. The smallest absolute Gasteiger partial charge is 0.173 e. The normalized spacial score (nSPS) is 34.5. The van der Waals surface area contributed by atoms with Gasteiger partial charge in [-0.15, -0.1) is 6.58 Å². The number of phenolic OH excluding ortho intramolecular Hbond substituents is 1. The molecule has 0 aromatic heterocycles. The highest BCUT2D eigenvalue weighted by Crippen LogP contribution is 2.54. The number of aliphatic hydroxyl groups is 1. The van der Waals surface area contributed by atoms with Crippen LogP contribution in [0.15, 0.2) is 24.8 Å². The number of ether oxygens (including phenoxy) is 1. The number of phenols is 1. The van der Waals surface area contributed by atoms with Crippen LogP contribution in [-0.4, -0.2) is 51.7 Å². The largest absolute Gasteiger partial charge is 0.504 e. The first kappa shape index (κ1) is 16.6. The van der Waals surface area contributed by atoms with E-state index < -0.39 is 11.7 Å². The van der Waals surface area contributed by atoms with Gasteiger partial charge in [0.1, 0.15) is 0 Å². The van der Waals surface area contributed by atoms with Crippen molar-refractivity contribution in [3.63, 3.8) is 0 Å². The summed E-state index contributed by atoms with van der Waals surface area (Å²) in [6.45, 7) is 7.15. The zero-order chi connectivity index (χ0) is 17.8. The third kappa shape index (κ3) is 2.41. The Labute approximate surface area is 147 Å². The molecular weight excluding hydrogens is 318 g/mol. The maximum Gasteiger partial charge on any atom is 0.173 e. The molecule has 4 atom stereocenters. The van der Waals surface area contributed by atoms with E-state index in [9.17, 15) is 15.0 Å². The van der Waals surface area contributed by atoms with Gasteiger partial charge < -0.3 is 14.9 Å². The lowest BCUT2D eigenvalue weighted by Crippen LogP contribution is -2.63. The van der Waals surface area contributed by atoms with Gasteiger partial charge in [0.25, 0.3) is 0 Å². The summed E-state index contributed by atoms with van der Waals surface area (Å²) in [6, 6.07) is 3.52. The number of likely N-dealkylation sites (tertiary alicyclic amines) is 1. The summed E-state index contributed by atoms with van der Waals surface area (Å²) in [7, 11) is 0. The fourth-order valence-corrected chi connectivity index (χ4v) is 4.96. The van der Waals surface area contributed by atoms with E-state index in [0.29, 0.717) is 18.6 Å². The second kappa shape index (κ2) is 5.85. The van der Waals surface area contributed by atoms with Crippen molar-refractivity contribution in [1.29, 1.82) is 0 Å². The van der Waals surface area contributed by atoms with Crippen molar-refractivity contribution >= 4 is 5.78 Å². The van der Waals surface area contributed by atoms with Crippen LogP contribution in [0.4, 0.5) is 0 Å². The Morgan fingerprint density at radius 2 is 2.28 bits per heavy atom. The molecule has 5 heteroatoms. The molecule has 2 N–H and O–H groups in total. The maximum absolute atomic E-state index is 12.4. The molecule has 0 amide bonds. The summed E-state index contributed by atoms with van der Waals surface area (Å²) in [5.74, 6) is 0.280. The van der Waals surface area contributed by atoms with Crippen LogP contribution in [0.3, 0.4) is 0 Å². The van der Waals surface area contributed by atoms with Gasteiger partial charge in [-0.2, -0.15) is 0 Å². The summed E-state index contributed by atoms with van der Waals surface area (Å²) >= 11 is 0. The molecule has 1 fully saturated rings. The average Bonchev–Trinajstić information content (AvgIpc) is 2.60. The van der Waals surface area contributed by atoms with Gasteiger partial charge in [-0.1, -0.05) is 12.1 Å². The predicted octanol–water partition coefficient (Wildman–Crippen LogP) is 2.15. The van der Waals surface area contributed by atoms with Gasteiger partial charge in [0.2, 0.25) is 0 Å². The molecule has 1 aliphatic carbocycles. The van der Waals surface area contributed by atoms with Crippen LogP contribution in [0.5, 0.6) is 11.5 Å². The molecule has 1 saturated heterocycles. The van der Waals surface area contributed by atoms with Gasteiger partial charge in [0.15, 0.2) is 23.4 Å². The highest BCUT2D eigenvalue weighted by Gasteiger charge is 2.55. The van der Waals surface area contributed by atoms with Crippen LogP contribution in [-0.2, 0) is 11.2 Å². The minimum atomic E-state index is -0.986. The zero-order valence-corrected chi connectivity index (χ0v) is 14.6. The lowest BCUT2D eigenvalue weighted by molar-refractivity contribution is -0.130. The van der Waals surface area contributed by atoms with Crippen molar-refractivity contribution in [1.82, 2.24) is 4.90 Å². The molecular formula is C20H25NO4. The van der Waals surface area contributed by atoms with E-state index in [4.69, 9.17) is 4.74 Å². The molecule has 1 unspecified atom stereocenters. The van der Waals surface area contributed by atoms with E-state index in [0.717, 1.165) is 30.6 Å². The lowest BCUT2D eigenvalue weighted by atomic mass is 9.62. The van der Waals surface area contributed by atoms with E-state index in [-0.39, 0.29) is 29.9 Å². The first-order valence-corrected chi connectivity index (χ1v) is 9.07. The number of ketones is 1. The number of hydrogen-bond donors (Lipinski definition) is 2. The molecule has 0 spiro atoms. The average molecular weight is 343 g/mol. The van der Waals surface area contributed by atoms with Crippen molar-refractivity contribution < 1.29 is 19.7 Å². The summed E-state index contributed by atoms with van der Waals surface area (Å²) in [5.41, 5.74) is 1.02. The molecule has 1 aromatic carbocycles. The number of piperidine rings is 1. The first-order valence-electron chi connectivity index (χ1n) is 9.07. The standard InChI is InChI=1S/C20H25NO4/c1-3-9-21-10-7-14-18-13-4-5-16(23)19(18)25-12(2)15(22)6-8-20(14,24)17(21)11-13/h3-5,12,14,17,23-24H,1,6-11H2,2H3/t12-,14+,17-,20?/m1/s1. The SMILES string of the molecule is C=CCN1CC[C@H]2c3c4ccc(O)c3O[C@H](C)C(=O)CCC2(O)[C@H]1C4. The third-order valence-electron chi connectivity index (χ3n) is 6.24. The van der Waals surface area contributed by atoms with Crippen molar-refractivity contribution in [2.45, 2.75) is 56.3 Å². The second-order valence-corrected chi connectivity index (χ2v) is 7.55. The van der Waals surface area contributed by atoms with E-state index in [2.05, 4.69) is 11.5 Å². The second-order valence-electron chi connectivity index (χ2n) is 7.55. The Morgan fingerprint density at radius 1 is 1.48 bits per heavy atom. The zero-order valence-electron chi connectivity index (χ0n) is 14.6. The molecule has 2 heterocycles. The fourth-order valence-electron chi connectivity index (χ4n) is 4.96. The van der Waals surface area contributed by atoms with E-state index in [1.807, 2.05) is 12.1 Å². The van der Waals surface area contributed by atoms with Crippen LogP contribution < -0.4 is 4.74 Å². The monoisotopic (exact) mass is 343 g/mol. The van der Waals surface area contributed by atoms with Crippen LogP contribution >= 0.6 is 0 Å². The minimum Gasteiger partial charge on any atom is -0.504 e. The van der Waals surface area contributed by atoms with Gasteiger partial charge in [-0.05, 0) is 44.4 Å². The van der Waals surface area contributed by atoms with Gasteiger partial charge >= 0.3 is 0 Å². The highest BCUT2D eigenvalue weighted by atomic mass is 16.5. The number of Topliss-reactive ketones (excluding diaryl/α,β-unsaturated/α-hetero) is 1. The number of carbonyl (C=O) groups excluding carboxylic acids is 1. The number of aromatic hydroxyl groups is 1. The van der Waals surface area contributed by atoms with Crippen LogP contribution in [0.1, 0.15) is 43.2 Å². The van der Waals surface area contributed by atoms with Crippen LogP contribution in [0.2, 0.25) is 0 Å². The quantitative estimate of drug-likeness (QED) is 0.805.